The third kappa shape index (κ3) is 6.92. The van der Waals surface area contributed by atoms with E-state index >= 15 is 0 Å². The van der Waals surface area contributed by atoms with Gasteiger partial charge in [-0.2, -0.15) is 0 Å². The van der Waals surface area contributed by atoms with Gasteiger partial charge in [0.15, 0.2) is 0 Å². The summed E-state index contributed by atoms with van der Waals surface area (Å²) in [5, 5.41) is 6.87. The third-order valence-electron chi connectivity index (χ3n) is 6.96. The minimum absolute atomic E-state index is 0.0443. The van der Waals surface area contributed by atoms with Gasteiger partial charge in [0.2, 0.25) is 5.91 Å². The predicted molar refractivity (Wildman–Crippen MR) is 158 cm³/mol. The molecule has 1 aliphatic heterocycles. The Morgan fingerprint density at radius 1 is 0.925 bits per heavy atom. The zero-order valence-corrected chi connectivity index (χ0v) is 22.7. The molecular weight excluding hydrogens is 506 g/mol. The Hall–Kier alpha value is -4.50. The number of benzene rings is 3. The second-order valence-corrected chi connectivity index (χ2v) is 9.65. The molecule has 2 heterocycles. The van der Waals surface area contributed by atoms with Gasteiger partial charge >= 0.3 is 6.09 Å². The second-order valence-electron chi connectivity index (χ2n) is 9.65. The second kappa shape index (κ2) is 13.0. The lowest BCUT2D eigenvalue weighted by Crippen LogP contribution is -2.47. The topological polar surface area (TPSA) is 98.9 Å². The van der Waals surface area contributed by atoms with Gasteiger partial charge in [0, 0.05) is 61.2 Å². The number of rotatable bonds is 10. The van der Waals surface area contributed by atoms with E-state index < -0.39 is 6.09 Å². The number of anilines is 3. The SMILES string of the molecule is CCOc1ccccc1NC(=O)OCCN1CCN(c2cccc(NC(=O)Cc3c[nH]c4ccccc34)c2)CC1. The Labute approximate surface area is 234 Å². The number of nitrogens with zero attached hydrogens (tertiary/aromatic N) is 2. The first-order chi connectivity index (χ1) is 19.6. The molecule has 3 N–H and O–H groups in total. The largest absolute Gasteiger partial charge is 0.492 e. The van der Waals surface area contributed by atoms with Crippen molar-refractivity contribution in [1.82, 2.24) is 9.88 Å². The van der Waals surface area contributed by atoms with Gasteiger partial charge in [-0.1, -0.05) is 36.4 Å². The zero-order valence-electron chi connectivity index (χ0n) is 22.7. The van der Waals surface area contributed by atoms with E-state index in [-0.39, 0.29) is 5.91 Å². The molecule has 0 atom stereocenters. The van der Waals surface area contributed by atoms with Crippen molar-refractivity contribution in [3.63, 3.8) is 0 Å². The Balaban J connectivity index is 1.05. The van der Waals surface area contributed by atoms with Gasteiger partial charge in [0.1, 0.15) is 12.4 Å². The summed E-state index contributed by atoms with van der Waals surface area (Å²) >= 11 is 0. The van der Waals surface area contributed by atoms with Crippen molar-refractivity contribution in [3.05, 3.63) is 84.6 Å². The molecular formula is C31H35N5O4. The van der Waals surface area contributed by atoms with Crippen LogP contribution in [0, 0.1) is 0 Å². The van der Waals surface area contributed by atoms with Gasteiger partial charge in [0.05, 0.1) is 18.7 Å². The fraction of sp³-hybridized carbons (Fsp3) is 0.290. The van der Waals surface area contributed by atoms with Crippen LogP contribution in [-0.2, 0) is 16.0 Å². The number of aromatic amines is 1. The summed E-state index contributed by atoms with van der Waals surface area (Å²) in [6, 6.07) is 23.3. The minimum Gasteiger partial charge on any atom is -0.492 e. The summed E-state index contributed by atoms with van der Waals surface area (Å²) in [4.78, 5) is 32.8. The van der Waals surface area contributed by atoms with Gasteiger partial charge in [-0.15, -0.1) is 0 Å². The van der Waals surface area contributed by atoms with Crippen molar-refractivity contribution >= 4 is 40.0 Å². The molecule has 0 spiro atoms. The monoisotopic (exact) mass is 541 g/mol. The number of H-pyrrole nitrogens is 1. The molecule has 3 aromatic carbocycles. The average molecular weight is 542 g/mol. The van der Waals surface area contributed by atoms with Crippen LogP contribution in [0.25, 0.3) is 10.9 Å². The standard InChI is InChI=1S/C31H35N5O4/c1-2-39-29-13-6-5-12-28(29)34-31(38)40-19-18-35-14-16-36(17-15-35)25-9-7-8-24(21-25)33-30(37)20-23-22-32-27-11-4-3-10-26(23)27/h3-13,21-22,32H,2,14-20H2,1H3,(H,33,37)(H,34,38). The zero-order chi connectivity index (χ0) is 27.7. The fourth-order valence-corrected chi connectivity index (χ4v) is 4.93. The fourth-order valence-electron chi connectivity index (χ4n) is 4.93. The molecule has 0 bridgehead atoms. The molecule has 0 radical (unpaired) electrons. The molecule has 1 aliphatic rings. The molecule has 0 aliphatic carbocycles. The van der Waals surface area contributed by atoms with Crippen molar-refractivity contribution in [1.29, 1.82) is 0 Å². The van der Waals surface area contributed by atoms with Crippen LogP contribution < -0.4 is 20.3 Å². The first kappa shape index (κ1) is 27.1. The van der Waals surface area contributed by atoms with Crippen LogP contribution in [0.15, 0.2) is 79.0 Å². The molecule has 2 amide bonds. The summed E-state index contributed by atoms with van der Waals surface area (Å²) in [6.45, 7) is 6.80. The quantitative estimate of drug-likeness (QED) is 0.258. The molecule has 9 nitrogen and oxygen atoms in total. The van der Waals surface area contributed by atoms with E-state index in [0.717, 1.165) is 54.0 Å². The molecule has 0 unspecified atom stereocenters. The number of nitrogens with one attached hydrogen (secondary N) is 3. The highest BCUT2D eigenvalue weighted by Gasteiger charge is 2.18. The maximum Gasteiger partial charge on any atom is 0.411 e. The lowest BCUT2D eigenvalue weighted by atomic mass is 10.1. The van der Waals surface area contributed by atoms with E-state index in [0.29, 0.717) is 37.6 Å². The number of aromatic nitrogens is 1. The molecule has 40 heavy (non-hydrogen) atoms. The van der Waals surface area contributed by atoms with E-state index in [1.165, 1.54) is 0 Å². The molecule has 9 heteroatoms. The summed E-state index contributed by atoms with van der Waals surface area (Å²) < 4.78 is 10.9. The molecule has 4 aromatic rings. The maximum absolute atomic E-state index is 12.8. The summed E-state index contributed by atoms with van der Waals surface area (Å²) in [7, 11) is 0. The van der Waals surface area contributed by atoms with Gasteiger partial charge < -0.3 is 24.7 Å². The Kier molecular flexibility index (Phi) is 8.83. The number of amides is 2. The van der Waals surface area contributed by atoms with E-state index in [2.05, 4.69) is 31.5 Å². The highest BCUT2D eigenvalue weighted by molar-refractivity contribution is 5.96. The number of carbonyl (C=O) groups excluding carboxylic acids is 2. The number of hydrogen-bond acceptors (Lipinski definition) is 6. The lowest BCUT2D eigenvalue weighted by Gasteiger charge is -2.36. The summed E-state index contributed by atoms with van der Waals surface area (Å²) in [5.41, 5.74) is 4.48. The van der Waals surface area contributed by atoms with Gasteiger partial charge in [0.25, 0.3) is 0 Å². The van der Waals surface area contributed by atoms with Gasteiger partial charge in [-0.25, -0.2) is 4.79 Å². The van der Waals surface area contributed by atoms with Crippen molar-refractivity contribution < 1.29 is 19.1 Å². The molecule has 1 aromatic heterocycles. The number of ether oxygens (including phenoxy) is 2. The Morgan fingerprint density at radius 2 is 1.73 bits per heavy atom. The molecule has 1 fully saturated rings. The number of fused-ring (bicyclic) bond motifs is 1. The predicted octanol–water partition coefficient (Wildman–Crippen LogP) is 5.12. The first-order valence-electron chi connectivity index (χ1n) is 13.7. The lowest BCUT2D eigenvalue weighted by molar-refractivity contribution is -0.115. The maximum atomic E-state index is 12.8. The number of piperazine rings is 1. The number of hydrogen-bond donors (Lipinski definition) is 3. The van der Waals surface area contributed by atoms with Crippen LogP contribution >= 0.6 is 0 Å². The van der Waals surface area contributed by atoms with Crippen molar-refractivity contribution in [3.8, 4) is 5.75 Å². The van der Waals surface area contributed by atoms with Gasteiger partial charge in [-0.05, 0) is 48.9 Å². The first-order valence-corrected chi connectivity index (χ1v) is 13.7. The average Bonchev–Trinajstić information content (AvgIpc) is 3.37. The minimum atomic E-state index is -0.491. The normalized spacial score (nSPS) is 13.7. The van der Waals surface area contributed by atoms with Crippen LogP contribution in [0.5, 0.6) is 5.75 Å². The number of carbonyl (C=O) groups is 2. The smallest absolute Gasteiger partial charge is 0.411 e. The van der Waals surface area contributed by atoms with Crippen LogP contribution in [0.1, 0.15) is 12.5 Å². The summed E-state index contributed by atoms with van der Waals surface area (Å²) in [6.07, 6.45) is 1.72. The summed E-state index contributed by atoms with van der Waals surface area (Å²) in [5.74, 6) is 0.577. The van der Waals surface area contributed by atoms with Gasteiger partial charge in [-0.3, -0.25) is 15.0 Å². The molecule has 5 rings (SSSR count). The van der Waals surface area contributed by atoms with Crippen molar-refractivity contribution in [2.45, 2.75) is 13.3 Å². The van der Waals surface area contributed by atoms with Crippen LogP contribution in [0.2, 0.25) is 0 Å². The molecule has 1 saturated heterocycles. The molecule has 0 saturated carbocycles. The van der Waals surface area contributed by atoms with Crippen molar-refractivity contribution in [2.75, 3.05) is 61.5 Å². The highest BCUT2D eigenvalue weighted by Crippen LogP contribution is 2.24. The Bertz CT molecular complexity index is 1440. The van der Waals surface area contributed by atoms with Crippen molar-refractivity contribution in [2.24, 2.45) is 0 Å². The van der Waals surface area contributed by atoms with Crippen LogP contribution in [-0.4, -0.2) is 67.8 Å². The Morgan fingerprint density at radius 3 is 2.58 bits per heavy atom. The third-order valence-corrected chi connectivity index (χ3v) is 6.96. The molecule has 208 valence electrons. The number of para-hydroxylation sites is 3. The van der Waals surface area contributed by atoms with Crippen LogP contribution in [0.4, 0.5) is 21.9 Å². The van der Waals surface area contributed by atoms with E-state index in [1.807, 2.05) is 73.8 Å². The van der Waals surface area contributed by atoms with Crippen LogP contribution in [0.3, 0.4) is 0 Å². The van der Waals surface area contributed by atoms with E-state index in [9.17, 15) is 9.59 Å². The highest BCUT2D eigenvalue weighted by atomic mass is 16.5. The van der Waals surface area contributed by atoms with E-state index in [4.69, 9.17) is 9.47 Å². The van der Waals surface area contributed by atoms with E-state index in [1.54, 1.807) is 6.07 Å².